The number of hydrogen-bond acceptors (Lipinski definition) is 3. The van der Waals surface area contributed by atoms with Crippen molar-refractivity contribution in [3.63, 3.8) is 0 Å². The molecule has 1 atom stereocenters. The highest BCUT2D eigenvalue weighted by Crippen LogP contribution is 2.26. The van der Waals surface area contributed by atoms with E-state index in [0.29, 0.717) is 5.88 Å². The van der Waals surface area contributed by atoms with Crippen LogP contribution in [0.5, 0.6) is 5.88 Å². The number of nitrogens with zero attached hydrogens (tertiary/aromatic N) is 2. The third-order valence-corrected chi connectivity index (χ3v) is 3.42. The fourth-order valence-corrected chi connectivity index (χ4v) is 2.38. The molecule has 0 amide bonds. The van der Waals surface area contributed by atoms with Crippen molar-refractivity contribution >= 4 is 15.9 Å². The Kier molecular flexibility index (Phi) is 4.91. The van der Waals surface area contributed by atoms with Crippen LogP contribution in [0.1, 0.15) is 29.9 Å². The van der Waals surface area contributed by atoms with Crippen LogP contribution in [0.2, 0.25) is 0 Å². The zero-order valence-electron chi connectivity index (χ0n) is 11.1. The highest BCUT2D eigenvalue weighted by molar-refractivity contribution is 9.09. The summed E-state index contributed by atoms with van der Waals surface area (Å²) in [5.74, 6) is 0.584. The van der Waals surface area contributed by atoms with E-state index in [2.05, 4.69) is 38.0 Å². The van der Waals surface area contributed by atoms with Crippen LogP contribution in [0.15, 0.2) is 42.7 Å². The average molecular weight is 321 g/mol. The molecule has 0 N–H and O–H groups in total. The molecule has 0 fully saturated rings. The zero-order chi connectivity index (χ0) is 13.7. The minimum atomic E-state index is 0.110. The molecule has 1 aromatic carbocycles. The minimum Gasteiger partial charge on any atom is -0.474 e. The van der Waals surface area contributed by atoms with Crippen LogP contribution < -0.4 is 4.74 Å². The molecule has 0 spiro atoms. The van der Waals surface area contributed by atoms with E-state index < -0.39 is 0 Å². The van der Waals surface area contributed by atoms with E-state index in [4.69, 9.17) is 4.74 Å². The van der Waals surface area contributed by atoms with Crippen molar-refractivity contribution in [2.75, 3.05) is 0 Å². The molecule has 0 bridgehead atoms. The van der Waals surface area contributed by atoms with E-state index in [1.54, 1.807) is 12.4 Å². The van der Waals surface area contributed by atoms with E-state index in [1.165, 1.54) is 5.56 Å². The Morgan fingerprint density at radius 1 is 1.16 bits per heavy atom. The Morgan fingerprint density at radius 3 is 2.58 bits per heavy atom. The molecule has 4 heteroatoms. The van der Waals surface area contributed by atoms with Crippen LogP contribution in [0.4, 0.5) is 0 Å². The Hall–Kier alpha value is -1.42. The number of aromatic nitrogens is 2. The van der Waals surface area contributed by atoms with E-state index in [-0.39, 0.29) is 10.9 Å². The van der Waals surface area contributed by atoms with Gasteiger partial charge < -0.3 is 4.74 Å². The average Bonchev–Trinajstić information content (AvgIpc) is 2.39. The summed E-state index contributed by atoms with van der Waals surface area (Å²) in [6, 6.07) is 10.3. The van der Waals surface area contributed by atoms with Crippen molar-refractivity contribution in [1.82, 2.24) is 9.97 Å². The second kappa shape index (κ2) is 6.66. The van der Waals surface area contributed by atoms with Gasteiger partial charge in [0.05, 0.1) is 18.0 Å². The van der Waals surface area contributed by atoms with Crippen molar-refractivity contribution in [3.8, 4) is 5.88 Å². The maximum absolute atomic E-state index is 5.55. The van der Waals surface area contributed by atoms with Crippen molar-refractivity contribution in [2.45, 2.75) is 31.2 Å². The first-order valence-corrected chi connectivity index (χ1v) is 7.23. The van der Waals surface area contributed by atoms with Gasteiger partial charge in [0, 0.05) is 17.4 Å². The van der Waals surface area contributed by atoms with Gasteiger partial charge in [-0.1, -0.05) is 46.3 Å². The minimum absolute atomic E-state index is 0.110. The Labute approximate surface area is 122 Å². The third kappa shape index (κ3) is 4.31. The highest BCUT2D eigenvalue weighted by atomic mass is 79.9. The van der Waals surface area contributed by atoms with Gasteiger partial charge in [-0.05, 0) is 19.4 Å². The highest BCUT2D eigenvalue weighted by Gasteiger charge is 2.10. The molecule has 0 aliphatic rings. The summed E-state index contributed by atoms with van der Waals surface area (Å²) in [6.07, 6.45) is 4.32. The van der Waals surface area contributed by atoms with Crippen molar-refractivity contribution in [1.29, 1.82) is 0 Å². The van der Waals surface area contributed by atoms with E-state index in [0.717, 1.165) is 12.1 Å². The van der Waals surface area contributed by atoms with Gasteiger partial charge in [-0.15, -0.1) is 0 Å². The number of ether oxygens (including phenoxy) is 1. The predicted octanol–water partition coefficient (Wildman–Crippen LogP) is 3.94. The molecule has 0 aliphatic heterocycles. The molecule has 2 rings (SSSR count). The molecule has 0 aliphatic carbocycles. The molecule has 100 valence electrons. The SMILES string of the molecule is CC(C)Oc1cncc(CC(Br)c2ccccc2)n1. The molecule has 3 nitrogen and oxygen atoms in total. The molecule has 1 heterocycles. The van der Waals surface area contributed by atoms with Gasteiger partial charge in [0.1, 0.15) is 0 Å². The smallest absolute Gasteiger partial charge is 0.232 e. The van der Waals surface area contributed by atoms with Crippen LogP contribution in [0.25, 0.3) is 0 Å². The molecule has 1 aromatic heterocycles. The van der Waals surface area contributed by atoms with Gasteiger partial charge in [-0.3, -0.25) is 4.98 Å². The fraction of sp³-hybridized carbons (Fsp3) is 0.333. The summed E-state index contributed by atoms with van der Waals surface area (Å²) in [5, 5.41) is 0. The van der Waals surface area contributed by atoms with Gasteiger partial charge in [0.15, 0.2) is 0 Å². The largest absolute Gasteiger partial charge is 0.474 e. The normalized spacial score (nSPS) is 12.4. The predicted molar refractivity (Wildman–Crippen MR) is 79.6 cm³/mol. The summed E-state index contributed by atoms with van der Waals surface area (Å²) in [5.41, 5.74) is 2.16. The van der Waals surface area contributed by atoms with Crippen LogP contribution in [-0.2, 0) is 6.42 Å². The quantitative estimate of drug-likeness (QED) is 0.782. The second-order valence-corrected chi connectivity index (χ2v) is 5.70. The molecule has 0 saturated heterocycles. The lowest BCUT2D eigenvalue weighted by molar-refractivity contribution is 0.231. The Bertz CT molecular complexity index is 517. The van der Waals surface area contributed by atoms with Gasteiger partial charge in [-0.2, -0.15) is 0 Å². The monoisotopic (exact) mass is 320 g/mol. The van der Waals surface area contributed by atoms with Crippen molar-refractivity contribution in [3.05, 3.63) is 54.0 Å². The first-order chi connectivity index (χ1) is 9.15. The molecular weight excluding hydrogens is 304 g/mol. The maximum atomic E-state index is 5.55. The number of hydrogen-bond donors (Lipinski definition) is 0. The molecule has 1 unspecified atom stereocenters. The fourth-order valence-electron chi connectivity index (χ4n) is 1.75. The van der Waals surface area contributed by atoms with E-state index in [1.807, 2.05) is 32.0 Å². The summed E-state index contributed by atoms with van der Waals surface area (Å²) in [6.45, 7) is 3.96. The summed E-state index contributed by atoms with van der Waals surface area (Å²) in [7, 11) is 0. The number of rotatable bonds is 5. The van der Waals surface area contributed by atoms with Crippen LogP contribution in [-0.4, -0.2) is 16.1 Å². The molecule has 2 aromatic rings. The second-order valence-electron chi connectivity index (χ2n) is 4.60. The Balaban J connectivity index is 2.06. The first-order valence-electron chi connectivity index (χ1n) is 6.31. The summed E-state index contributed by atoms with van der Waals surface area (Å²) >= 11 is 3.69. The lowest BCUT2D eigenvalue weighted by Crippen LogP contribution is -2.08. The Morgan fingerprint density at radius 2 is 1.89 bits per heavy atom. The standard InChI is InChI=1S/C15H17BrN2O/c1-11(2)19-15-10-17-9-13(18-15)8-14(16)12-6-4-3-5-7-12/h3-7,9-11,14H,8H2,1-2H3. The van der Waals surface area contributed by atoms with Crippen molar-refractivity contribution < 1.29 is 4.74 Å². The molecule has 19 heavy (non-hydrogen) atoms. The zero-order valence-corrected chi connectivity index (χ0v) is 12.7. The van der Waals surface area contributed by atoms with Gasteiger partial charge in [0.2, 0.25) is 5.88 Å². The lowest BCUT2D eigenvalue weighted by atomic mass is 10.1. The third-order valence-electron chi connectivity index (χ3n) is 2.57. The van der Waals surface area contributed by atoms with Gasteiger partial charge in [0.25, 0.3) is 0 Å². The first kappa shape index (κ1) is 14.0. The summed E-state index contributed by atoms with van der Waals surface area (Å²) in [4.78, 5) is 8.87. The van der Waals surface area contributed by atoms with Crippen LogP contribution >= 0.6 is 15.9 Å². The van der Waals surface area contributed by atoms with Gasteiger partial charge in [-0.25, -0.2) is 4.98 Å². The molecule has 0 radical (unpaired) electrons. The topological polar surface area (TPSA) is 35.0 Å². The lowest BCUT2D eigenvalue weighted by Gasteiger charge is -2.12. The number of halogens is 1. The van der Waals surface area contributed by atoms with Gasteiger partial charge >= 0.3 is 0 Å². The summed E-state index contributed by atoms with van der Waals surface area (Å²) < 4.78 is 5.55. The maximum Gasteiger partial charge on any atom is 0.232 e. The van der Waals surface area contributed by atoms with Crippen molar-refractivity contribution in [2.24, 2.45) is 0 Å². The van der Waals surface area contributed by atoms with E-state index >= 15 is 0 Å². The molecule has 0 saturated carbocycles. The molecular formula is C15H17BrN2O. The van der Waals surface area contributed by atoms with E-state index in [9.17, 15) is 0 Å². The van der Waals surface area contributed by atoms with Crippen LogP contribution in [0.3, 0.4) is 0 Å². The van der Waals surface area contributed by atoms with Crippen LogP contribution in [0, 0.1) is 0 Å². The number of benzene rings is 1. The number of alkyl halides is 1.